The maximum atomic E-state index is 14.6. The van der Waals surface area contributed by atoms with E-state index in [1.165, 1.54) is 39.6 Å². The number of Topliss-reactive ketones (excluding diaryl/α,β-unsaturated/α-hetero) is 1. The van der Waals surface area contributed by atoms with E-state index in [1.807, 2.05) is 0 Å². The maximum absolute atomic E-state index is 14.6. The van der Waals surface area contributed by atoms with Crippen molar-refractivity contribution in [2.45, 2.75) is 24.1 Å². The van der Waals surface area contributed by atoms with Gasteiger partial charge in [0, 0.05) is 31.1 Å². The lowest BCUT2D eigenvalue weighted by Gasteiger charge is -2.17. The van der Waals surface area contributed by atoms with Crippen molar-refractivity contribution >= 4 is 40.4 Å². The second-order valence-electron chi connectivity index (χ2n) is 8.51. The van der Waals surface area contributed by atoms with Crippen molar-refractivity contribution in [2.24, 2.45) is 0 Å². The highest BCUT2D eigenvalue weighted by molar-refractivity contribution is 8.00. The molecule has 2 N–H and O–H groups in total. The van der Waals surface area contributed by atoms with Gasteiger partial charge in [-0.15, -0.1) is 0 Å². The molecule has 0 bridgehead atoms. The highest BCUT2D eigenvalue weighted by atomic mass is 32.2. The van der Waals surface area contributed by atoms with Gasteiger partial charge in [0.15, 0.2) is 17.4 Å². The first kappa shape index (κ1) is 25.1. The summed E-state index contributed by atoms with van der Waals surface area (Å²) in [6.45, 7) is 0.727. The quantitative estimate of drug-likeness (QED) is 0.388. The first-order chi connectivity index (χ1) is 17.9. The number of carbonyl (C=O) groups excluding carboxylic acids is 2. The summed E-state index contributed by atoms with van der Waals surface area (Å²) in [7, 11) is 0. The molecule has 3 aromatic rings. The Kier molecular flexibility index (Phi) is 7.35. The number of carbonyl (C=O) groups is 2. The van der Waals surface area contributed by atoms with Crippen LogP contribution >= 0.6 is 11.8 Å². The monoisotopic (exact) mass is 529 g/mol. The van der Waals surface area contributed by atoms with Crippen LogP contribution in [0.25, 0.3) is 10.9 Å². The number of anilines is 1. The maximum Gasteiger partial charge on any atom is 0.416 e. The van der Waals surface area contributed by atoms with Gasteiger partial charge in [-0.05, 0) is 18.2 Å². The number of amides is 1. The number of cyclic esters (lactones) is 1. The van der Waals surface area contributed by atoms with E-state index in [0.717, 1.165) is 0 Å². The average Bonchev–Trinajstić information content (AvgIpc) is 3.26. The van der Waals surface area contributed by atoms with E-state index in [-0.39, 0.29) is 55.3 Å². The number of ether oxygens (including phenoxy) is 2. The molecule has 1 atom stereocenters. The third-order valence-electron chi connectivity index (χ3n) is 5.96. The second kappa shape index (κ2) is 10.8. The van der Waals surface area contributed by atoms with Crippen LogP contribution in [0.2, 0.25) is 0 Å². The van der Waals surface area contributed by atoms with Crippen LogP contribution in [0.15, 0.2) is 40.3 Å². The number of rotatable bonds is 9. The second-order valence-corrected chi connectivity index (χ2v) is 9.48. The zero-order valence-electron chi connectivity index (χ0n) is 19.7. The molecule has 194 valence electrons. The van der Waals surface area contributed by atoms with E-state index in [1.54, 1.807) is 12.1 Å². The zero-order valence-corrected chi connectivity index (χ0v) is 20.5. The number of nitrogens with zero attached hydrogens (tertiary/aromatic N) is 4. The van der Waals surface area contributed by atoms with Gasteiger partial charge < -0.3 is 24.5 Å². The Morgan fingerprint density at radius 3 is 2.92 bits per heavy atom. The SMILES string of the molecule is O=C1CSc2ncc(N3C[C@H](CNCCOc4c(F)ccc5ccc(=O)n(CCO)c45)OC3=O)nc2C1. The Hall–Kier alpha value is -3.55. The number of halogens is 1. The minimum Gasteiger partial charge on any atom is -0.487 e. The number of aliphatic hydroxyl groups excluding tert-OH is 1. The Labute approximate surface area is 214 Å². The van der Waals surface area contributed by atoms with Crippen molar-refractivity contribution in [3.8, 4) is 5.75 Å². The van der Waals surface area contributed by atoms with E-state index in [0.29, 0.717) is 40.8 Å². The molecule has 4 heterocycles. The number of aromatic nitrogens is 3. The topological polar surface area (TPSA) is 136 Å². The molecule has 13 heteroatoms. The standard InChI is InChI=1S/C24H24FN5O6S/c25-17-3-1-14-2-4-20(33)29(6-7-31)21(14)22(17)35-8-5-26-10-16-12-30(24(34)36-16)19-11-27-23-18(28-19)9-15(32)13-37-23/h1-4,11,16,26,31H,5-10,12-13H2/t16-/m0/s1. The summed E-state index contributed by atoms with van der Waals surface area (Å²) < 4.78 is 27.0. The van der Waals surface area contributed by atoms with Crippen LogP contribution in [0.1, 0.15) is 5.69 Å². The van der Waals surface area contributed by atoms with Crippen molar-refractivity contribution in [2.75, 3.05) is 43.5 Å². The van der Waals surface area contributed by atoms with E-state index in [9.17, 15) is 23.9 Å². The van der Waals surface area contributed by atoms with E-state index in [4.69, 9.17) is 9.47 Å². The number of ketones is 1. The molecule has 2 aromatic heterocycles. The van der Waals surface area contributed by atoms with Gasteiger partial charge in [-0.1, -0.05) is 11.8 Å². The Morgan fingerprint density at radius 1 is 1.24 bits per heavy atom. The summed E-state index contributed by atoms with van der Waals surface area (Å²) in [5, 5.41) is 13.8. The van der Waals surface area contributed by atoms with Gasteiger partial charge in [-0.3, -0.25) is 14.5 Å². The van der Waals surface area contributed by atoms with E-state index < -0.39 is 18.0 Å². The summed E-state index contributed by atoms with van der Waals surface area (Å²) in [6.07, 6.45) is 0.698. The highest BCUT2D eigenvalue weighted by Gasteiger charge is 2.34. The Morgan fingerprint density at radius 2 is 2.08 bits per heavy atom. The minimum absolute atomic E-state index is 0.0154. The summed E-state index contributed by atoms with van der Waals surface area (Å²) >= 11 is 1.34. The van der Waals surface area contributed by atoms with Gasteiger partial charge >= 0.3 is 6.09 Å². The fourth-order valence-corrected chi connectivity index (χ4v) is 5.07. The molecule has 1 amide bonds. The molecule has 0 unspecified atom stereocenters. The minimum atomic E-state index is -0.614. The number of benzene rings is 1. The number of hydrogen-bond donors (Lipinski definition) is 2. The molecule has 1 fully saturated rings. The van der Waals surface area contributed by atoms with Crippen LogP contribution in [0, 0.1) is 5.82 Å². The molecule has 0 aliphatic carbocycles. The molecule has 2 aliphatic rings. The fourth-order valence-electron chi connectivity index (χ4n) is 4.26. The van der Waals surface area contributed by atoms with Crippen molar-refractivity contribution in [3.05, 3.63) is 52.3 Å². The van der Waals surface area contributed by atoms with Crippen LogP contribution < -0.4 is 20.5 Å². The molecular formula is C24H24FN5O6S. The predicted molar refractivity (Wildman–Crippen MR) is 133 cm³/mol. The summed E-state index contributed by atoms with van der Waals surface area (Å²) in [5.41, 5.74) is 0.486. The van der Waals surface area contributed by atoms with Crippen molar-refractivity contribution in [1.82, 2.24) is 19.9 Å². The number of thioether (sulfide) groups is 1. The molecule has 0 radical (unpaired) electrons. The van der Waals surface area contributed by atoms with Crippen LogP contribution in [-0.4, -0.2) is 76.2 Å². The predicted octanol–water partition coefficient (Wildman–Crippen LogP) is 1.13. The van der Waals surface area contributed by atoms with Gasteiger partial charge in [-0.2, -0.15) is 0 Å². The molecule has 1 aromatic carbocycles. The largest absolute Gasteiger partial charge is 0.487 e. The number of aliphatic hydroxyl groups is 1. The van der Waals surface area contributed by atoms with E-state index in [2.05, 4.69) is 15.3 Å². The molecule has 11 nitrogen and oxygen atoms in total. The van der Waals surface area contributed by atoms with E-state index >= 15 is 0 Å². The van der Waals surface area contributed by atoms with Gasteiger partial charge in [-0.25, -0.2) is 19.2 Å². The number of fused-ring (bicyclic) bond motifs is 2. The first-order valence-electron chi connectivity index (χ1n) is 11.7. The fraction of sp³-hybridized carbons (Fsp3) is 0.375. The van der Waals surface area contributed by atoms with Gasteiger partial charge in [0.25, 0.3) is 5.56 Å². The third-order valence-corrected chi connectivity index (χ3v) is 7.04. The first-order valence-corrected chi connectivity index (χ1v) is 12.7. The van der Waals surface area contributed by atoms with Crippen molar-refractivity contribution < 1.29 is 28.6 Å². The molecular weight excluding hydrogens is 505 g/mol. The Bertz CT molecular complexity index is 1420. The number of pyridine rings is 1. The normalized spacial score (nSPS) is 17.2. The number of nitrogens with one attached hydrogen (secondary N) is 1. The lowest BCUT2D eigenvalue weighted by Crippen LogP contribution is -2.33. The summed E-state index contributed by atoms with van der Waals surface area (Å²) in [5.74, 6) is 0.102. The lowest BCUT2D eigenvalue weighted by atomic mass is 10.2. The molecule has 5 rings (SSSR count). The summed E-state index contributed by atoms with van der Waals surface area (Å²) in [4.78, 5) is 46.5. The smallest absolute Gasteiger partial charge is 0.416 e. The van der Waals surface area contributed by atoms with Crippen LogP contribution in [-0.2, 0) is 22.5 Å². The molecule has 0 spiro atoms. The number of hydrogen-bond acceptors (Lipinski definition) is 10. The van der Waals surface area contributed by atoms with Crippen molar-refractivity contribution in [3.63, 3.8) is 0 Å². The summed E-state index contributed by atoms with van der Waals surface area (Å²) in [6, 6.07) is 5.76. The average molecular weight is 530 g/mol. The van der Waals surface area contributed by atoms with Crippen LogP contribution in [0.4, 0.5) is 15.0 Å². The van der Waals surface area contributed by atoms with Gasteiger partial charge in [0.1, 0.15) is 23.5 Å². The highest BCUT2D eigenvalue weighted by Crippen LogP contribution is 2.29. The van der Waals surface area contributed by atoms with Crippen LogP contribution in [0.3, 0.4) is 0 Å². The van der Waals surface area contributed by atoms with Crippen LogP contribution in [0.5, 0.6) is 5.75 Å². The molecule has 2 aliphatic heterocycles. The Balaban J connectivity index is 1.17. The third kappa shape index (κ3) is 5.29. The van der Waals surface area contributed by atoms with Gasteiger partial charge in [0.05, 0.1) is 42.7 Å². The van der Waals surface area contributed by atoms with Gasteiger partial charge in [0.2, 0.25) is 0 Å². The molecule has 37 heavy (non-hydrogen) atoms. The lowest BCUT2D eigenvalue weighted by molar-refractivity contribution is -0.116. The molecule has 1 saturated heterocycles. The zero-order chi connectivity index (χ0) is 25.9. The van der Waals surface area contributed by atoms with Crippen molar-refractivity contribution in [1.29, 1.82) is 0 Å². The molecule has 0 saturated carbocycles.